The van der Waals surface area contributed by atoms with E-state index < -0.39 is 11.8 Å². The average molecular weight is 419 g/mol. The number of rotatable bonds is 4. The summed E-state index contributed by atoms with van der Waals surface area (Å²) in [4.78, 5) is 40.2. The lowest BCUT2D eigenvalue weighted by atomic mass is 10.2. The highest BCUT2D eigenvalue weighted by atomic mass is 16.5. The lowest BCUT2D eigenvalue weighted by Gasteiger charge is -2.33. The maximum atomic E-state index is 12.5. The molecular weight excluding hydrogens is 398 g/mol. The number of benzene rings is 2. The van der Waals surface area contributed by atoms with Crippen LogP contribution in [-0.2, 0) is 9.59 Å². The van der Waals surface area contributed by atoms with Gasteiger partial charge in [0, 0.05) is 31.9 Å². The van der Waals surface area contributed by atoms with Crippen LogP contribution in [0.4, 0.5) is 5.69 Å². The molecule has 0 spiro atoms. The summed E-state index contributed by atoms with van der Waals surface area (Å²) in [6.45, 7) is 1.24. The van der Waals surface area contributed by atoms with E-state index in [0.717, 1.165) is 0 Å². The first-order chi connectivity index (χ1) is 15.1. The summed E-state index contributed by atoms with van der Waals surface area (Å²) in [5.74, 6) is 0.0147. The second-order valence-corrected chi connectivity index (χ2v) is 6.96. The lowest BCUT2D eigenvalue weighted by Crippen LogP contribution is -2.52. The van der Waals surface area contributed by atoms with E-state index in [1.54, 1.807) is 41.3 Å². The molecule has 0 unspecified atom stereocenters. The number of hydrogen-bond acceptors (Lipinski definition) is 5. The summed E-state index contributed by atoms with van der Waals surface area (Å²) in [6, 6.07) is 19.4. The van der Waals surface area contributed by atoms with Crippen molar-refractivity contribution in [2.24, 2.45) is 0 Å². The van der Waals surface area contributed by atoms with Crippen molar-refractivity contribution in [3.63, 3.8) is 0 Å². The number of anilines is 1. The molecule has 1 aliphatic heterocycles. The van der Waals surface area contributed by atoms with E-state index >= 15 is 0 Å². The first kappa shape index (κ1) is 20.2. The van der Waals surface area contributed by atoms with Gasteiger partial charge in [0.15, 0.2) is 5.76 Å². The van der Waals surface area contributed by atoms with Crippen LogP contribution in [0.1, 0.15) is 10.6 Å². The number of amides is 3. The van der Waals surface area contributed by atoms with Gasteiger partial charge in [-0.1, -0.05) is 18.2 Å². The van der Waals surface area contributed by atoms with Gasteiger partial charge in [-0.25, -0.2) is 0 Å². The van der Waals surface area contributed by atoms with Crippen LogP contribution >= 0.6 is 0 Å². The fourth-order valence-corrected chi connectivity index (χ4v) is 3.23. The summed E-state index contributed by atoms with van der Waals surface area (Å²) in [6.07, 6.45) is 1.44. The van der Waals surface area contributed by atoms with Crippen LogP contribution < -0.4 is 10.1 Å². The molecule has 3 amide bonds. The summed E-state index contributed by atoms with van der Waals surface area (Å²) < 4.78 is 10.8. The molecule has 1 aromatic heterocycles. The quantitative estimate of drug-likeness (QED) is 0.657. The zero-order valence-electron chi connectivity index (χ0n) is 16.7. The number of ether oxygens (including phenoxy) is 1. The van der Waals surface area contributed by atoms with Gasteiger partial charge in [-0.2, -0.15) is 0 Å². The Hall–Kier alpha value is -4.07. The molecule has 3 aromatic rings. The molecule has 31 heavy (non-hydrogen) atoms. The van der Waals surface area contributed by atoms with E-state index in [9.17, 15) is 14.4 Å². The Labute approximate surface area is 179 Å². The largest absolute Gasteiger partial charge is 0.459 e. The summed E-state index contributed by atoms with van der Waals surface area (Å²) in [5, 5.41) is 2.61. The van der Waals surface area contributed by atoms with Gasteiger partial charge in [-0.3, -0.25) is 14.4 Å². The monoisotopic (exact) mass is 419 g/mol. The molecule has 1 aliphatic rings. The van der Waals surface area contributed by atoms with Gasteiger partial charge < -0.3 is 24.3 Å². The molecule has 1 N–H and O–H groups in total. The van der Waals surface area contributed by atoms with Crippen molar-refractivity contribution in [1.29, 1.82) is 0 Å². The van der Waals surface area contributed by atoms with Crippen LogP contribution in [0.5, 0.6) is 11.5 Å². The highest BCUT2D eigenvalue weighted by Crippen LogP contribution is 2.22. The topological polar surface area (TPSA) is 92.1 Å². The number of hydrogen-bond donors (Lipinski definition) is 1. The third kappa shape index (κ3) is 4.92. The highest BCUT2D eigenvalue weighted by Gasteiger charge is 2.29. The minimum Gasteiger partial charge on any atom is -0.459 e. The summed E-state index contributed by atoms with van der Waals surface area (Å²) in [5.41, 5.74) is 0.491. The number of furan rings is 1. The van der Waals surface area contributed by atoms with E-state index in [1.807, 2.05) is 30.3 Å². The Morgan fingerprint density at radius 1 is 0.774 bits per heavy atom. The molecule has 2 heterocycles. The van der Waals surface area contributed by atoms with Crippen LogP contribution in [0.15, 0.2) is 77.4 Å². The highest BCUT2D eigenvalue weighted by molar-refractivity contribution is 6.39. The molecular formula is C23H21N3O5. The molecule has 2 aromatic carbocycles. The predicted molar refractivity (Wildman–Crippen MR) is 113 cm³/mol. The van der Waals surface area contributed by atoms with Crippen molar-refractivity contribution in [3.05, 3.63) is 78.8 Å². The Balaban J connectivity index is 1.28. The smallest absolute Gasteiger partial charge is 0.313 e. The Kier molecular flexibility index (Phi) is 5.98. The van der Waals surface area contributed by atoms with E-state index in [2.05, 4.69) is 5.32 Å². The van der Waals surface area contributed by atoms with Crippen molar-refractivity contribution in [3.8, 4) is 11.5 Å². The first-order valence-electron chi connectivity index (χ1n) is 9.86. The fourth-order valence-electron chi connectivity index (χ4n) is 3.23. The van der Waals surface area contributed by atoms with Gasteiger partial charge in [0.25, 0.3) is 5.91 Å². The molecule has 158 valence electrons. The Morgan fingerprint density at radius 3 is 2.06 bits per heavy atom. The van der Waals surface area contributed by atoms with Crippen molar-refractivity contribution in [2.75, 3.05) is 31.5 Å². The Bertz CT molecular complexity index is 1040. The van der Waals surface area contributed by atoms with Crippen LogP contribution in [0.25, 0.3) is 0 Å². The molecule has 0 aliphatic carbocycles. The predicted octanol–water partition coefficient (Wildman–Crippen LogP) is 3.00. The van der Waals surface area contributed by atoms with Crippen molar-refractivity contribution < 1.29 is 23.5 Å². The molecule has 8 heteroatoms. The maximum Gasteiger partial charge on any atom is 0.313 e. The van der Waals surface area contributed by atoms with Crippen LogP contribution in [0, 0.1) is 0 Å². The SMILES string of the molecule is O=C(Nc1ccc(Oc2ccccc2)cc1)C(=O)N1CCN(C(=O)c2ccco2)CC1. The molecule has 0 radical (unpaired) electrons. The molecule has 1 saturated heterocycles. The second kappa shape index (κ2) is 9.17. The first-order valence-corrected chi connectivity index (χ1v) is 9.86. The second-order valence-electron chi connectivity index (χ2n) is 6.96. The zero-order chi connectivity index (χ0) is 21.6. The molecule has 1 fully saturated rings. The van der Waals surface area contributed by atoms with Gasteiger partial charge in [-0.15, -0.1) is 0 Å². The fraction of sp³-hybridized carbons (Fsp3) is 0.174. The minimum absolute atomic E-state index is 0.223. The zero-order valence-corrected chi connectivity index (χ0v) is 16.7. The molecule has 8 nitrogen and oxygen atoms in total. The van der Waals surface area contributed by atoms with Gasteiger partial charge in [0.2, 0.25) is 0 Å². The molecule has 0 atom stereocenters. The third-order valence-electron chi connectivity index (χ3n) is 4.87. The van der Waals surface area contributed by atoms with Gasteiger partial charge >= 0.3 is 11.8 Å². The standard InChI is InChI=1S/C23H21N3O5/c27-21(24-17-8-10-19(11-9-17)31-18-5-2-1-3-6-18)23(29)26-14-12-25(13-15-26)22(28)20-7-4-16-30-20/h1-11,16H,12-15H2,(H,24,27). The van der Waals surface area contributed by atoms with Crippen molar-refractivity contribution >= 4 is 23.4 Å². The number of nitrogens with zero attached hydrogens (tertiary/aromatic N) is 2. The van der Waals surface area contributed by atoms with Crippen LogP contribution in [-0.4, -0.2) is 53.7 Å². The van der Waals surface area contributed by atoms with E-state index in [-0.39, 0.29) is 24.8 Å². The number of piperazine rings is 1. The minimum atomic E-state index is -0.720. The van der Waals surface area contributed by atoms with Crippen LogP contribution in [0.3, 0.4) is 0 Å². The average Bonchev–Trinajstić information content (AvgIpc) is 3.35. The van der Waals surface area contributed by atoms with Gasteiger partial charge in [-0.05, 0) is 48.5 Å². The summed E-state index contributed by atoms with van der Waals surface area (Å²) >= 11 is 0. The van der Waals surface area contributed by atoms with Crippen molar-refractivity contribution in [1.82, 2.24) is 9.80 Å². The number of para-hydroxylation sites is 1. The summed E-state index contributed by atoms with van der Waals surface area (Å²) in [7, 11) is 0. The molecule has 0 bridgehead atoms. The normalized spacial score (nSPS) is 13.5. The maximum absolute atomic E-state index is 12.5. The van der Waals surface area contributed by atoms with E-state index in [4.69, 9.17) is 9.15 Å². The van der Waals surface area contributed by atoms with Crippen molar-refractivity contribution in [2.45, 2.75) is 0 Å². The van der Waals surface area contributed by atoms with E-state index in [1.165, 1.54) is 11.2 Å². The van der Waals surface area contributed by atoms with Crippen LogP contribution in [0.2, 0.25) is 0 Å². The number of nitrogens with one attached hydrogen (secondary N) is 1. The third-order valence-corrected chi connectivity index (χ3v) is 4.87. The van der Waals surface area contributed by atoms with Gasteiger partial charge in [0.05, 0.1) is 6.26 Å². The van der Waals surface area contributed by atoms with Gasteiger partial charge in [0.1, 0.15) is 11.5 Å². The molecule has 4 rings (SSSR count). The lowest BCUT2D eigenvalue weighted by molar-refractivity contribution is -0.144. The number of carbonyl (C=O) groups excluding carboxylic acids is 3. The van der Waals surface area contributed by atoms with E-state index in [0.29, 0.717) is 30.3 Å². The number of carbonyl (C=O) groups is 3. The Morgan fingerprint density at radius 2 is 1.42 bits per heavy atom. The molecule has 0 saturated carbocycles.